The van der Waals surface area contributed by atoms with Gasteiger partial charge in [0.05, 0.1) is 22.5 Å². The van der Waals surface area contributed by atoms with Crippen LogP contribution in [0.25, 0.3) is 10.9 Å². The number of nitriles is 1. The number of pyridine rings is 2. The maximum absolute atomic E-state index is 12.9. The Labute approximate surface area is 173 Å². The van der Waals surface area contributed by atoms with Crippen LogP contribution in [0.3, 0.4) is 0 Å². The molecule has 0 radical (unpaired) electrons. The SMILES string of the molecule is N#Cc1cc(Nc2cncc(C(F)(F)F)c2)cc(Nc2cc(Cl)c3cc[nH]c3c2)n1. The number of halogens is 4. The van der Waals surface area contributed by atoms with E-state index in [0.717, 1.165) is 23.2 Å². The van der Waals surface area contributed by atoms with Crippen LogP contribution in [-0.4, -0.2) is 15.0 Å². The molecule has 3 N–H and O–H groups in total. The summed E-state index contributed by atoms with van der Waals surface area (Å²) in [5, 5.41) is 16.6. The number of nitrogens with zero attached hydrogens (tertiary/aromatic N) is 3. The van der Waals surface area contributed by atoms with Crippen LogP contribution in [0, 0.1) is 11.3 Å². The van der Waals surface area contributed by atoms with Crippen molar-refractivity contribution in [3.8, 4) is 6.07 Å². The Balaban J connectivity index is 1.64. The Morgan fingerprint density at radius 1 is 1.00 bits per heavy atom. The molecule has 3 heterocycles. The summed E-state index contributed by atoms with van der Waals surface area (Å²) >= 11 is 6.27. The van der Waals surface area contributed by atoms with E-state index >= 15 is 0 Å². The quantitative estimate of drug-likeness (QED) is 0.371. The van der Waals surface area contributed by atoms with E-state index in [1.807, 2.05) is 18.2 Å². The molecule has 0 aliphatic carbocycles. The molecule has 1 aromatic carbocycles. The largest absolute Gasteiger partial charge is 0.417 e. The van der Waals surface area contributed by atoms with Crippen molar-refractivity contribution < 1.29 is 13.2 Å². The average molecular weight is 429 g/mol. The minimum Gasteiger partial charge on any atom is -0.361 e. The molecule has 10 heteroatoms. The summed E-state index contributed by atoms with van der Waals surface area (Å²) in [5.74, 6) is 0.318. The zero-order valence-electron chi connectivity index (χ0n) is 15.0. The van der Waals surface area contributed by atoms with Crippen molar-refractivity contribution in [2.24, 2.45) is 0 Å². The highest BCUT2D eigenvalue weighted by molar-refractivity contribution is 6.35. The van der Waals surface area contributed by atoms with Gasteiger partial charge >= 0.3 is 6.18 Å². The number of alkyl halides is 3. The van der Waals surface area contributed by atoms with Crippen LogP contribution in [0.1, 0.15) is 11.3 Å². The molecule has 0 unspecified atom stereocenters. The van der Waals surface area contributed by atoms with E-state index in [1.165, 1.54) is 12.3 Å². The Morgan fingerprint density at radius 2 is 1.80 bits per heavy atom. The van der Waals surface area contributed by atoms with Gasteiger partial charge in [0.25, 0.3) is 0 Å². The minimum atomic E-state index is -4.51. The summed E-state index contributed by atoms with van der Waals surface area (Å²) in [4.78, 5) is 10.9. The summed E-state index contributed by atoms with van der Waals surface area (Å²) in [6, 6.07) is 11.2. The third kappa shape index (κ3) is 4.14. The number of anilines is 4. The van der Waals surface area contributed by atoms with E-state index < -0.39 is 11.7 Å². The number of nitrogens with one attached hydrogen (secondary N) is 3. The lowest BCUT2D eigenvalue weighted by molar-refractivity contribution is -0.137. The fraction of sp³-hybridized carbons (Fsp3) is 0.0500. The number of aromatic nitrogens is 3. The fourth-order valence-corrected chi connectivity index (χ4v) is 3.18. The first kappa shape index (κ1) is 19.5. The number of hydrogen-bond acceptors (Lipinski definition) is 5. The van der Waals surface area contributed by atoms with Crippen molar-refractivity contribution in [1.82, 2.24) is 15.0 Å². The number of H-pyrrole nitrogens is 1. The van der Waals surface area contributed by atoms with Crippen LogP contribution in [0.2, 0.25) is 5.02 Å². The first-order chi connectivity index (χ1) is 14.3. The first-order valence-corrected chi connectivity index (χ1v) is 8.95. The molecule has 30 heavy (non-hydrogen) atoms. The number of aromatic amines is 1. The van der Waals surface area contributed by atoms with Gasteiger partial charge in [-0.05, 0) is 30.3 Å². The van der Waals surface area contributed by atoms with Gasteiger partial charge in [0, 0.05) is 40.7 Å². The van der Waals surface area contributed by atoms with E-state index in [2.05, 4.69) is 25.6 Å². The van der Waals surface area contributed by atoms with Crippen molar-refractivity contribution >= 4 is 45.4 Å². The molecule has 0 saturated carbocycles. The van der Waals surface area contributed by atoms with Crippen molar-refractivity contribution in [2.45, 2.75) is 6.18 Å². The molecule has 4 aromatic rings. The van der Waals surface area contributed by atoms with Gasteiger partial charge in [0.2, 0.25) is 0 Å². The molecule has 0 fully saturated rings. The van der Waals surface area contributed by atoms with Crippen LogP contribution < -0.4 is 10.6 Å². The zero-order valence-corrected chi connectivity index (χ0v) is 15.8. The lowest BCUT2D eigenvalue weighted by Gasteiger charge is -2.12. The van der Waals surface area contributed by atoms with Crippen LogP contribution in [0.4, 0.5) is 36.1 Å². The highest BCUT2D eigenvalue weighted by atomic mass is 35.5. The molecule has 0 amide bonds. The molecule has 0 aliphatic heterocycles. The van der Waals surface area contributed by atoms with Crippen LogP contribution in [-0.2, 0) is 6.18 Å². The van der Waals surface area contributed by atoms with Gasteiger partial charge < -0.3 is 15.6 Å². The Bertz CT molecular complexity index is 1280. The molecule has 0 spiro atoms. The third-order valence-corrected chi connectivity index (χ3v) is 4.50. The molecule has 0 aliphatic rings. The van der Waals surface area contributed by atoms with Crippen molar-refractivity contribution in [2.75, 3.05) is 10.6 Å². The summed E-state index contributed by atoms with van der Waals surface area (Å²) in [6.45, 7) is 0. The summed E-state index contributed by atoms with van der Waals surface area (Å²) in [7, 11) is 0. The Morgan fingerprint density at radius 3 is 2.57 bits per heavy atom. The molecule has 0 saturated heterocycles. The number of rotatable bonds is 4. The van der Waals surface area contributed by atoms with E-state index in [0.29, 0.717) is 22.2 Å². The zero-order chi connectivity index (χ0) is 21.3. The van der Waals surface area contributed by atoms with Gasteiger partial charge in [-0.1, -0.05) is 11.6 Å². The number of hydrogen-bond donors (Lipinski definition) is 3. The second-order valence-electron chi connectivity index (χ2n) is 6.35. The van der Waals surface area contributed by atoms with Crippen LogP contribution in [0.15, 0.2) is 55.0 Å². The van der Waals surface area contributed by atoms with Gasteiger partial charge in [-0.2, -0.15) is 18.4 Å². The van der Waals surface area contributed by atoms with Gasteiger partial charge in [0.15, 0.2) is 0 Å². The normalized spacial score (nSPS) is 11.3. The second-order valence-corrected chi connectivity index (χ2v) is 6.75. The topological polar surface area (TPSA) is 89.4 Å². The molecular formula is C20H12ClF3N6. The van der Waals surface area contributed by atoms with Gasteiger partial charge in [0.1, 0.15) is 17.6 Å². The maximum Gasteiger partial charge on any atom is 0.417 e. The van der Waals surface area contributed by atoms with E-state index in [4.69, 9.17) is 11.6 Å². The highest BCUT2D eigenvalue weighted by Gasteiger charge is 2.31. The van der Waals surface area contributed by atoms with Gasteiger partial charge in [-0.25, -0.2) is 4.98 Å². The van der Waals surface area contributed by atoms with Gasteiger partial charge in [-0.3, -0.25) is 4.98 Å². The molecular weight excluding hydrogens is 417 g/mol. The summed E-state index contributed by atoms with van der Waals surface area (Å²) < 4.78 is 38.7. The van der Waals surface area contributed by atoms with E-state index in [-0.39, 0.29) is 11.4 Å². The Kier molecular flexibility index (Phi) is 4.93. The Hall–Kier alpha value is -3.77. The van der Waals surface area contributed by atoms with Gasteiger partial charge in [-0.15, -0.1) is 0 Å². The molecule has 4 rings (SSSR count). The highest BCUT2D eigenvalue weighted by Crippen LogP contribution is 2.32. The average Bonchev–Trinajstić information content (AvgIpc) is 3.16. The number of benzene rings is 1. The monoisotopic (exact) mass is 428 g/mol. The molecule has 6 nitrogen and oxygen atoms in total. The first-order valence-electron chi connectivity index (χ1n) is 8.57. The lowest BCUT2D eigenvalue weighted by Crippen LogP contribution is -2.06. The number of fused-ring (bicyclic) bond motifs is 1. The fourth-order valence-electron chi connectivity index (χ4n) is 2.90. The molecule has 3 aromatic heterocycles. The van der Waals surface area contributed by atoms with Crippen molar-refractivity contribution in [1.29, 1.82) is 5.26 Å². The third-order valence-electron chi connectivity index (χ3n) is 4.18. The van der Waals surface area contributed by atoms with E-state index in [9.17, 15) is 18.4 Å². The predicted octanol–water partition coefficient (Wildman–Crippen LogP) is 5.99. The molecule has 0 atom stereocenters. The van der Waals surface area contributed by atoms with Crippen molar-refractivity contribution in [3.05, 3.63) is 71.3 Å². The summed E-state index contributed by atoms with van der Waals surface area (Å²) in [6.07, 6.45) is -0.747. The smallest absolute Gasteiger partial charge is 0.361 e. The standard InChI is InChI=1S/C20H12ClF3N6/c21-17-5-13(6-18-16(17)1-2-27-18)29-19-7-12(4-14(8-25)30-19)28-15-3-11(9-26-10-15)20(22,23)24/h1-7,9-10,27H,(H2,28,29,30). The van der Waals surface area contributed by atoms with Crippen molar-refractivity contribution in [3.63, 3.8) is 0 Å². The summed E-state index contributed by atoms with van der Waals surface area (Å²) in [5.41, 5.74) is 1.14. The molecule has 150 valence electrons. The predicted molar refractivity (Wildman–Crippen MR) is 108 cm³/mol. The second kappa shape index (κ2) is 7.57. The molecule has 0 bridgehead atoms. The van der Waals surface area contributed by atoms with Crippen LogP contribution in [0.5, 0.6) is 0 Å². The van der Waals surface area contributed by atoms with E-state index in [1.54, 1.807) is 18.3 Å². The maximum atomic E-state index is 12.9. The van der Waals surface area contributed by atoms with Crippen LogP contribution >= 0.6 is 11.6 Å². The lowest BCUT2D eigenvalue weighted by atomic mass is 10.2. The minimum absolute atomic E-state index is 0.0782.